The second-order valence-corrected chi connectivity index (χ2v) is 5.48. The second-order valence-electron chi connectivity index (χ2n) is 5.48. The molecule has 1 amide bonds. The van der Waals surface area contributed by atoms with Crippen LogP contribution in [-0.4, -0.2) is 27.9 Å². The SMILES string of the molecule is CC(C)(C)OC(=O)Nc1ccc([C@H](O)CC(=O)O)c(F)c1. The number of amides is 1. The van der Waals surface area contributed by atoms with Gasteiger partial charge in [-0.25, -0.2) is 9.18 Å². The quantitative estimate of drug-likeness (QED) is 0.794. The van der Waals surface area contributed by atoms with Crippen LogP contribution >= 0.6 is 0 Å². The van der Waals surface area contributed by atoms with Crippen LogP contribution in [0.1, 0.15) is 38.9 Å². The summed E-state index contributed by atoms with van der Waals surface area (Å²) >= 11 is 0. The molecule has 0 aliphatic heterocycles. The van der Waals surface area contributed by atoms with E-state index in [1.54, 1.807) is 20.8 Å². The maximum atomic E-state index is 13.8. The summed E-state index contributed by atoms with van der Waals surface area (Å²) in [6, 6.07) is 3.56. The topological polar surface area (TPSA) is 95.9 Å². The Morgan fingerprint density at radius 1 is 1.38 bits per heavy atom. The number of carboxylic acids is 1. The number of rotatable bonds is 4. The first-order valence-electron chi connectivity index (χ1n) is 6.28. The molecule has 7 heteroatoms. The number of anilines is 1. The molecule has 0 radical (unpaired) electrons. The molecule has 1 rings (SSSR count). The van der Waals surface area contributed by atoms with Gasteiger partial charge >= 0.3 is 12.1 Å². The first-order chi connectivity index (χ1) is 9.58. The first-order valence-corrected chi connectivity index (χ1v) is 6.28. The minimum absolute atomic E-state index is 0.146. The fraction of sp³-hybridized carbons (Fsp3) is 0.429. The molecule has 0 unspecified atom stereocenters. The van der Waals surface area contributed by atoms with Gasteiger partial charge in [0.2, 0.25) is 0 Å². The molecule has 0 heterocycles. The van der Waals surface area contributed by atoms with E-state index >= 15 is 0 Å². The van der Waals surface area contributed by atoms with Gasteiger partial charge in [0.15, 0.2) is 0 Å². The Hall–Kier alpha value is -2.15. The summed E-state index contributed by atoms with van der Waals surface area (Å²) in [4.78, 5) is 22.0. The Morgan fingerprint density at radius 2 is 2.00 bits per heavy atom. The van der Waals surface area contributed by atoms with Crippen molar-refractivity contribution in [1.82, 2.24) is 0 Å². The van der Waals surface area contributed by atoms with E-state index in [4.69, 9.17) is 9.84 Å². The molecule has 3 N–H and O–H groups in total. The number of ether oxygens (including phenoxy) is 1. The summed E-state index contributed by atoms with van der Waals surface area (Å²) in [6.45, 7) is 5.08. The molecule has 1 atom stereocenters. The van der Waals surface area contributed by atoms with Crippen LogP contribution < -0.4 is 5.32 Å². The molecule has 1 aromatic rings. The van der Waals surface area contributed by atoms with Crippen molar-refractivity contribution in [3.63, 3.8) is 0 Å². The van der Waals surface area contributed by atoms with E-state index in [0.29, 0.717) is 0 Å². The van der Waals surface area contributed by atoms with Gasteiger partial charge in [-0.05, 0) is 32.9 Å². The summed E-state index contributed by atoms with van der Waals surface area (Å²) < 4.78 is 18.8. The van der Waals surface area contributed by atoms with Gasteiger partial charge in [-0.1, -0.05) is 6.07 Å². The minimum atomic E-state index is -1.45. The third-order valence-electron chi connectivity index (χ3n) is 2.37. The zero-order chi connectivity index (χ0) is 16.2. The summed E-state index contributed by atoms with van der Waals surface area (Å²) in [5.41, 5.74) is -0.680. The Bertz CT molecular complexity index is 539. The lowest BCUT2D eigenvalue weighted by Crippen LogP contribution is -2.27. The van der Waals surface area contributed by atoms with E-state index < -0.39 is 36.0 Å². The van der Waals surface area contributed by atoms with Gasteiger partial charge in [-0.15, -0.1) is 0 Å². The van der Waals surface area contributed by atoms with Gasteiger partial charge in [0, 0.05) is 11.3 Å². The van der Waals surface area contributed by atoms with Crippen molar-refractivity contribution in [2.75, 3.05) is 5.32 Å². The van der Waals surface area contributed by atoms with E-state index in [9.17, 15) is 19.1 Å². The predicted octanol–water partition coefficient (Wildman–Crippen LogP) is 2.68. The fourth-order valence-electron chi connectivity index (χ4n) is 1.57. The number of hydrogen-bond donors (Lipinski definition) is 3. The highest BCUT2D eigenvalue weighted by molar-refractivity contribution is 5.84. The summed E-state index contributed by atoms with van der Waals surface area (Å²) in [5.74, 6) is -2.05. The van der Waals surface area contributed by atoms with Crippen molar-refractivity contribution in [1.29, 1.82) is 0 Å². The van der Waals surface area contributed by atoms with Crippen LogP contribution in [0.2, 0.25) is 0 Å². The lowest BCUT2D eigenvalue weighted by atomic mass is 10.1. The van der Waals surface area contributed by atoms with E-state index in [0.717, 1.165) is 6.07 Å². The summed E-state index contributed by atoms with van der Waals surface area (Å²) in [6.07, 6.45) is -2.78. The molecule has 0 aromatic heterocycles. The number of carboxylic acid groups (broad SMARTS) is 1. The third-order valence-corrected chi connectivity index (χ3v) is 2.37. The van der Waals surface area contributed by atoms with E-state index in [1.807, 2.05) is 0 Å². The van der Waals surface area contributed by atoms with E-state index in [-0.39, 0.29) is 11.3 Å². The second kappa shape index (κ2) is 6.53. The van der Waals surface area contributed by atoms with Crippen molar-refractivity contribution >= 4 is 17.7 Å². The number of aliphatic carboxylic acids is 1. The average molecular weight is 299 g/mol. The van der Waals surface area contributed by atoms with E-state index in [1.165, 1.54) is 12.1 Å². The number of aliphatic hydroxyl groups is 1. The zero-order valence-corrected chi connectivity index (χ0v) is 12.0. The van der Waals surface area contributed by atoms with Crippen LogP contribution in [0.25, 0.3) is 0 Å². The molecule has 0 saturated carbocycles. The number of carbonyl (C=O) groups is 2. The third kappa shape index (κ3) is 5.78. The average Bonchev–Trinajstić information content (AvgIpc) is 2.24. The Balaban J connectivity index is 2.78. The van der Waals surface area contributed by atoms with Gasteiger partial charge in [-0.2, -0.15) is 0 Å². The lowest BCUT2D eigenvalue weighted by Gasteiger charge is -2.20. The number of aliphatic hydroxyl groups excluding tert-OH is 1. The largest absolute Gasteiger partial charge is 0.481 e. The molecule has 0 aliphatic carbocycles. The van der Waals surface area contributed by atoms with Crippen LogP contribution in [0.4, 0.5) is 14.9 Å². The molecular weight excluding hydrogens is 281 g/mol. The van der Waals surface area contributed by atoms with Gasteiger partial charge in [0.25, 0.3) is 0 Å². The molecule has 0 bridgehead atoms. The van der Waals surface area contributed by atoms with Crippen molar-refractivity contribution in [3.05, 3.63) is 29.6 Å². The highest BCUT2D eigenvalue weighted by Crippen LogP contribution is 2.23. The summed E-state index contributed by atoms with van der Waals surface area (Å²) in [5, 5.41) is 20.5. The first kappa shape index (κ1) is 16.9. The van der Waals surface area contributed by atoms with E-state index in [2.05, 4.69) is 5.32 Å². The molecular formula is C14H18FNO5. The maximum absolute atomic E-state index is 13.8. The van der Waals surface area contributed by atoms with Crippen molar-refractivity contribution < 1.29 is 28.9 Å². The molecule has 1 aromatic carbocycles. The molecule has 6 nitrogen and oxygen atoms in total. The van der Waals surface area contributed by atoms with Gasteiger partial charge in [0.05, 0.1) is 12.5 Å². The van der Waals surface area contributed by atoms with Crippen LogP contribution in [0.5, 0.6) is 0 Å². The predicted molar refractivity (Wildman–Crippen MR) is 73.5 cm³/mol. The van der Waals surface area contributed by atoms with Crippen molar-refractivity contribution in [3.8, 4) is 0 Å². The normalized spacial score (nSPS) is 12.6. The zero-order valence-electron chi connectivity index (χ0n) is 12.0. The van der Waals surface area contributed by atoms with Gasteiger partial charge < -0.3 is 14.9 Å². The number of halogens is 1. The number of benzene rings is 1. The number of hydrogen-bond acceptors (Lipinski definition) is 4. The number of nitrogens with one attached hydrogen (secondary N) is 1. The van der Waals surface area contributed by atoms with Crippen molar-refractivity contribution in [2.45, 2.75) is 38.9 Å². The smallest absolute Gasteiger partial charge is 0.412 e. The summed E-state index contributed by atoms with van der Waals surface area (Å²) in [7, 11) is 0. The standard InChI is InChI=1S/C14H18FNO5/c1-14(2,3)21-13(20)16-8-4-5-9(10(15)6-8)11(17)7-12(18)19/h4-6,11,17H,7H2,1-3H3,(H,16,20)(H,18,19)/t11-/m1/s1. The van der Waals surface area contributed by atoms with Gasteiger partial charge in [0.1, 0.15) is 11.4 Å². The molecule has 0 aliphatic rings. The molecule has 0 fully saturated rings. The van der Waals surface area contributed by atoms with Crippen LogP contribution in [0, 0.1) is 5.82 Å². The van der Waals surface area contributed by atoms with Gasteiger partial charge in [-0.3, -0.25) is 10.1 Å². The van der Waals surface area contributed by atoms with Crippen LogP contribution in [0.3, 0.4) is 0 Å². The Morgan fingerprint density at radius 3 is 2.48 bits per heavy atom. The molecule has 116 valence electrons. The monoisotopic (exact) mass is 299 g/mol. The lowest BCUT2D eigenvalue weighted by molar-refractivity contribution is -0.139. The molecule has 0 saturated heterocycles. The fourth-order valence-corrected chi connectivity index (χ4v) is 1.57. The molecule has 21 heavy (non-hydrogen) atoms. The highest BCUT2D eigenvalue weighted by Gasteiger charge is 2.19. The van der Waals surface area contributed by atoms with Crippen LogP contribution in [-0.2, 0) is 9.53 Å². The highest BCUT2D eigenvalue weighted by atomic mass is 19.1. The number of carbonyl (C=O) groups excluding carboxylic acids is 1. The maximum Gasteiger partial charge on any atom is 0.412 e. The van der Waals surface area contributed by atoms with Crippen LogP contribution in [0.15, 0.2) is 18.2 Å². The Kier molecular flexibility index (Phi) is 5.26. The van der Waals surface area contributed by atoms with Crippen molar-refractivity contribution in [2.24, 2.45) is 0 Å². The minimum Gasteiger partial charge on any atom is -0.481 e. The molecule has 0 spiro atoms. The Labute approximate surface area is 121 Å².